The Morgan fingerprint density at radius 3 is 2.27 bits per heavy atom. The van der Waals surface area contributed by atoms with Crippen molar-refractivity contribution in [2.24, 2.45) is 0 Å². The Kier molecular flexibility index (Phi) is 3.76. The zero-order valence-corrected chi connectivity index (χ0v) is 10.2. The zero-order valence-electron chi connectivity index (χ0n) is 8.60. The van der Waals surface area contributed by atoms with Crippen molar-refractivity contribution in [1.29, 1.82) is 0 Å². The molecule has 1 rings (SSSR count). The molecule has 84 valence electrons. The maximum absolute atomic E-state index is 11.1. The maximum Gasteiger partial charge on any atom is 0.235 e. The fourth-order valence-corrected chi connectivity index (χ4v) is 2.95. The summed E-state index contributed by atoms with van der Waals surface area (Å²) in [6.07, 6.45) is 0. The average molecular weight is 249 g/mol. The monoisotopic (exact) mass is 248 g/mol. The highest BCUT2D eigenvalue weighted by Gasteiger charge is 2.31. The molecule has 0 saturated carbocycles. The van der Waals surface area contributed by atoms with Crippen LogP contribution in [0, 0.1) is 0 Å². The Morgan fingerprint density at radius 1 is 1.33 bits per heavy atom. The fourth-order valence-electron chi connectivity index (χ4n) is 1.38. The van der Waals surface area contributed by atoms with E-state index in [0.717, 1.165) is 5.56 Å². The summed E-state index contributed by atoms with van der Waals surface area (Å²) >= 11 is 0. The van der Waals surface area contributed by atoms with Gasteiger partial charge in [-0.25, -0.2) is 8.42 Å². The first kappa shape index (κ1) is 12.5. The molecule has 15 heavy (non-hydrogen) atoms. The minimum absolute atomic E-state index is 0.248. The largest absolute Gasteiger partial charge is 0.373 e. The lowest BCUT2D eigenvalue weighted by molar-refractivity contribution is 0.0225. The Labute approximate surface area is 94.4 Å². The highest BCUT2D eigenvalue weighted by Crippen LogP contribution is 2.27. The second-order valence-corrected chi connectivity index (χ2v) is 6.26. The summed E-state index contributed by atoms with van der Waals surface area (Å²) < 4.78 is 27.4. The van der Waals surface area contributed by atoms with Crippen LogP contribution in [-0.2, 0) is 19.4 Å². The SMILES string of the molecule is COC(C)(CS(=O)(=O)Cl)c1ccccc1. The first-order chi connectivity index (χ1) is 6.87. The molecule has 5 heteroatoms. The molecule has 3 nitrogen and oxygen atoms in total. The van der Waals surface area contributed by atoms with Gasteiger partial charge in [-0.3, -0.25) is 0 Å². The van der Waals surface area contributed by atoms with Crippen molar-refractivity contribution >= 4 is 19.7 Å². The first-order valence-electron chi connectivity index (χ1n) is 4.40. The Hall–Kier alpha value is -0.580. The summed E-state index contributed by atoms with van der Waals surface area (Å²) in [6, 6.07) is 9.13. The second kappa shape index (κ2) is 4.51. The van der Waals surface area contributed by atoms with E-state index in [1.165, 1.54) is 7.11 Å². The van der Waals surface area contributed by atoms with E-state index in [-0.39, 0.29) is 5.75 Å². The molecule has 0 N–H and O–H groups in total. The summed E-state index contributed by atoms with van der Waals surface area (Å²) in [4.78, 5) is 0. The summed E-state index contributed by atoms with van der Waals surface area (Å²) in [5.41, 5.74) is -0.112. The Bertz CT molecular complexity index is 416. The van der Waals surface area contributed by atoms with Crippen LogP contribution in [0.4, 0.5) is 0 Å². The van der Waals surface area contributed by atoms with Crippen LogP contribution in [0.15, 0.2) is 30.3 Å². The van der Waals surface area contributed by atoms with Crippen molar-refractivity contribution in [2.45, 2.75) is 12.5 Å². The van der Waals surface area contributed by atoms with Gasteiger partial charge >= 0.3 is 0 Å². The predicted molar refractivity (Wildman–Crippen MR) is 60.4 cm³/mol. The lowest BCUT2D eigenvalue weighted by atomic mass is 9.98. The number of hydrogen-bond acceptors (Lipinski definition) is 3. The van der Waals surface area contributed by atoms with Gasteiger partial charge < -0.3 is 4.74 Å². The quantitative estimate of drug-likeness (QED) is 0.767. The van der Waals surface area contributed by atoms with E-state index in [4.69, 9.17) is 15.4 Å². The Balaban J connectivity index is 3.06. The lowest BCUT2D eigenvalue weighted by Gasteiger charge is -2.27. The molecule has 0 fully saturated rings. The van der Waals surface area contributed by atoms with Crippen LogP contribution in [-0.4, -0.2) is 21.3 Å². The molecule has 1 unspecified atom stereocenters. The molecule has 0 spiro atoms. The number of benzene rings is 1. The van der Waals surface area contributed by atoms with Crippen molar-refractivity contribution < 1.29 is 13.2 Å². The van der Waals surface area contributed by atoms with Gasteiger partial charge in [0.05, 0.1) is 5.75 Å². The van der Waals surface area contributed by atoms with Crippen molar-refractivity contribution in [3.05, 3.63) is 35.9 Å². The minimum atomic E-state index is -3.59. The van der Waals surface area contributed by atoms with E-state index in [1.807, 2.05) is 30.3 Å². The van der Waals surface area contributed by atoms with Crippen molar-refractivity contribution in [2.75, 3.05) is 12.9 Å². The average Bonchev–Trinajstić information content (AvgIpc) is 2.16. The van der Waals surface area contributed by atoms with Crippen LogP contribution in [0.2, 0.25) is 0 Å². The van der Waals surface area contributed by atoms with Crippen LogP contribution < -0.4 is 0 Å². The number of ether oxygens (including phenoxy) is 1. The van der Waals surface area contributed by atoms with Crippen molar-refractivity contribution in [3.8, 4) is 0 Å². The van der Waals surface area contributed by atoms with Gasteiger partial charge in [0, 0.05) is 17.8 Å². The molecule has 0 saturated heterocycles. The van der Waals surface area contributed by atoms with Gasteiger partial charge in [-0.05, 0) is 12.5 Å². The van der Waals surface area contributed by atoms with Gasteiger partial charge in [0.2, 0.25) is 9.05 Å². The predicted octanol–water partition coefficient (Wildman–Crippen LogP) is 2.12. The molecule has 0 aliphatic carbocycles. The molecule has 0 aliphatic rings. The minimum Gasteiger partial charge on any atom is -0.373 e. The van der Waals surface area contributed by atoms with Gasteiger partial charge in [-0.15, -0.1) is 0 Å². The molecule has 0 aliphatic heterocycles. The van der Waals surface area contributed by atoms with Gasteiger partial charge in [0.15, 0.2) is 0 Å². The van der Waals surface area contributed by atoms with Gasteiger partial charge in [-0.2, -0.15) is 0 Å². The van der Waals surface area contributed by atoms with E-state index >= 15 is 0 Å². The lowest BCUT2D eigenvalue weighted by Crippen LogP contribution is -2.31. The van der Waals surface area contributed by atoms with E-state index in [9.17, 15) is 8.42 Å². The van der Waals surface area contributed by atoms with Crippen LogP contribution in [0.5, 0.6) is 0 Å². The van der Waals surface area contributed by atoms with Gasteiger partial charge in [-0.1, -0.05) is 30.3 Å². The third-order valence-electron chi connectivity index (χ3n) is 2.28. The molecular formula is C10H13ClO3S. The zero-order chi connectivity index (χ0) is 11.5. The summed E-state index contributed by atoms with van der Waals surface area (Å²) in [6.45, 7) is 1.70. The third kappa shape index (κ3) is 3.48. The van der Waals surface area contributed by atoms with E-state index < -0.39 is 14.7 Å². The van der Waals surface area contributed by atoms with E-state index in [0.29, 0.717) is 0 Å². The molecule has 0 aromatic heterocycles. The van der Waals surface area contributed by atoms with Crippen molar-refractivity contribution in [3.63, 3.8) is 0 Å². The van der Waals surface area contributed by atoms with E-state index in [1.54, 1.807) is 6.92 Å². The van der Waals surface area contributed by atoms with Crippen LogP contribution in [0.1, 0.15) is 12.5 Å². The van der Waals surface area contributed by atoms with Gasteiger partial charge in [0.25, 0.3) is 0 Å². The summed E-state index contributed by atoms with van der Waals surface area (Å²) in [5, 5.41) is 0. The molecule has 0 heterocycles. The van der Waals surface area contributed by atoms with Gasteiger partial charge in [0.1, 0.15) is 5.60 Å². The molecule has 0 radical (unpaired) electrons. The number of halogens is 1. The summed E-state index contributed by atoms with van der Waals surface area (Å²) in [7, 11) is 3.11. The van der Waals surface area contributed by atoms with Crippen LogP contribution >= 0.6 is 10.7 Å². The van der Waals surface area contributed by atoms with Crippen molar-refractivity contribution in [1.82, 2.24) is 0 Å². The smallest absolute Gasteiger partial charge is 0.235 e. The molecule has 0 bridgehead atoms. The Morgan fingerprint density at radius 2 is 1.87 bits per heavy atom. The molecule has 1 aromatic carbocycles. The first-order valence-corrected chi connectivity index (χ1v) is 6.88. The highest BCUT2D eigenvalue weighted by molar-refractivity contribution is 8.13. The fraction of sp³-hybridized carbons (Fsp3) is 0.400. The molecular weight excluding hydrogens is 236 g/mol. The maximum atomic E-state index is 11.1. The normalized spacial score (nSPS) is 15.9. The van der Waals surface area contributed by atoms with Crippen LogP contribution in [0.25, 0.3) is 0 Å². The van der Waals surface area contributed by atoms with E-state index in [2.05, 4.69) is 0 Å². The molecule has 1 atom stereocenters. The third-order valence-corrected chi connectivity index (χ3v) is 3.51. The highest BCUT2D eigenvalue weighted by atomic mass is 35.7. The standard InChI is InChI=1S/C10H13ClO3S/c1-10(14-2,8-15(11,12)13)9-6-4-3-5-7-9/h3-7H,8H2,1-2H3. The number of rotatable bonds is 4. The number of methoxy groups -OCH3 is 1. The summed E-state index contributed by atoms with van der Waals surface area (Å²) in [5.74, 6) is -0.248. The molecule has 0 amide bonds. The molecule has 1 aromatic rings. The second-order valence-electron chi connectivity index (χ2n) is 3.48. The topological polar surface area (TPSA) is 43.4 Å². The number of hydrogen-bond donors (Lipinski definition) is 0. The van der Waals surface area contributed by atoms with Crippen LogP contribution in [0.3, 0.4) is 0 Å².